The zero-order valence-corrected chi connectivity index (χ0v) is 26.7. The number of benzene rings is 5. The number of methoxy groups -OCH3 is 1. The molecule has 1 fully saturated rings. The van der Waals surface area contributed by atoms with Gasteiger partial charge in [0, 0.05) is 62.2 Å². The molecule has 0 unspecified atom stereocenters. The number of amides is 1. The Bertz CT molecular complexity index is 1950. The quantitative estimate of drug-likeness (QED) is 0.154. The van der Waals surface area contributed by atoms with E-state index in [1.165, 1.54) is 5.56 Å². The predicted molar refractivity (Wildman–Crippen MR) is 189 cm³/mol. The van der Waals surface area contributed by atoms with Crippen LogP contribution in [0.2, 0.25) is 0 Å². The molecule has 0 spiro atoms. The molecule has 1 aliphatic heterocycles. The second-order valence-electron chi connectivity index (χ2n) is 12.0. The van der Waals surface area contributed by atoms with E-state index in [9.17, 15) is 4.79 Å². The average Bonchev–Trinajstić information content (AvgIpc) is 3.49. The molecule has 1 atom stereocenters. The molecule has 1 amide bonds. The molecule has 1 saturated heterocycles. The normalized spacial score (nSPS) is 13.8. The van der Waals surface area contributed by atoms with Gasteiger partial charge < -0.3 is 23.8 Å². The largest absolute Gasteiger partial charge is 0.495 e. The van der Waals surface area contributed by atoms with Crippen LogP contribution in [0.1, 0.15) is 29.0 Å². The summed E-state index contributed by atoms with van der Waals surface area (Å²) in [7, 11) is 1.70. The third-order valence-corrected chi connectivity index (χ3v) is 9.07. The van der Waals surface area contributed by atoms with Gasteiger partial charge in [0.2, 0.25) is 5.91 Å². The van der Waals surface area contributed by atoms with Gasteiger partial charge in [-0.1, -0.05) is 91.0 Å². The molecule has 0 N–H and O–H groups in total. The second kappa shape index (κ2) is 13.9. The third-order valence-electron chi connectivity index (χ3n) is 9.07. The van der Waals surface area contributed by atoms with Crippen LogP contribution in [0.5, 0.6) is 17.2 Å². The Kier molecular flexibility index (Phi) is 8.91. The van der Waals surface area contributed by atoms with Crippen molar-refractivity contribution in [1.82, 2.24) is 9.47 Å². The summed E-state index contributed by atoms with van der Waals surface area (Å²) in [5.74, 6) is 2.39. The van der Waals surface area contributed by atoms with Gasteiger partial charge in [0.15, 0.2) is 0 Å². The van der Waals surface area contributed by atoms with Crippen molar-refractivity contribution in [2.75, 3.05) is 38.2 Å². The standard InChI is InChI=1S/C41H39N3O3/c1-46-40-22-11-10-21-39(40)42-23-25-43(26-24-42)41(45)28-36(32-15-12-18-34(27-32)47-33-16-6-3-7-17-33)37-30-44(29-31-13-4-2-5-14-31)38-20-9-8-19-35(37)38/h2-22,27,30,36H,23-26,28-29H2,1H3/t36-/m1/s1. The molecule has 1 aliphatic rings. The van der Waals surface area contributed by atoms with Crippen molar-refractivity contribution in [2.24, 2.45) is 0 Å². The first-order valence-electron chi connectivity index (χ1n) is 16.3. The Morgan fingerprint density at radius 2 is 1.40 bits per heavy atom. The number of carbonyl (C=O) groups is 1. The summed E-state index contributed by atoms with van der Waals surface area (Å²) in [6.45, 7) is 3.60. The molecule has 6 aromatic rings. The minimum atomic E-state index is -0.156. The Morgan fingerprint density at radius 3 is 2.19 bits per heavy atom. The maximum Gasteiger partial charge on any atom is 0.223 e. The summed E-state index contributed by atoms with van der Waals surface area (Å²) in [4.78, 5) is 18.5. The van der Waals surface area contributed by atoms with Crippen molar-refractivity contribution in [3.05, 3.63) is 156 Å². The zero-order chi connectivity index (χ0) is 32.0. The number of nitrogens with zero attached hydrogens (tertiary/aromatic N) is 3. The minimum Gasteiger partial charge on any atom is -0.495 e. The van der Waals surface area contributed by atoms with E-state index in [1.54, 1.807) is 7.11 Å². The van der Waals surface area contributed by atoms with E-state index >= 15 is 0 Å². The number of aromatic nitrogens is 1. The fourth-order valence-electron chi connectivity index (χ4n) is 6.68. The molecule has 6 nitrogen and oxygen atoms in total. The van der Waals surface area contributed by atoms with E-state index in [1.807, 2.05) is 71.6 Å². The molecule has 0 saturated carbocycles. The van der Waals surface area contributed by atoms with E-state index < -0.39 is 0 Å². The van der Waals surface area contributed by atoms with E-state index in [0.29, 0.717) is 19.5 Å². The van der Waals surface area contributed by atoms with E-state index in [4.69, 9.17) is 9.47 Å². The first-order valence-corrected chi connectivity index (χ1v) is 16.3. The molecule has 7 rings (SSSR count). The smallest absolute Gasteiger partial charge is 0.223 e. The van der Waals surface area contributed by atoms with Crippen LogP contribution in [0, 0.1) is 0 Å². The Morgan fingerprint density at radius 1 is 0.723 bits per heavy atom. The molecular formula is C41H39N3O3. The lowest BCUT2D eigenvalue weighted by atomic mass is 9.87. The molecule has 1 aromatic heterocycles. The molecule has 0 radical (unpaired) electrons. The SMILES string of the molecule is COc1ccccc1N1CCN(C(=O)C[C@H](c2cccc(Oc3ccccc3)c2)c2cn(Cc3ccccc3)c3ccccc23)CC1. The number of piperazine rings is 1. The van der Waals surface area contributed by atoms with Crippen LogP contribution in [0.25, 0.3) is 10.9 Å². The summed E-state index contributed by atoms with van der Waals surface area (Å²) in [5.41, 5.74) is 5.67. The van der Waals surface area contributed by atoms with Crippen molar-refractivity contribution in [3.8, 4) is 17.2 Å². The van der Waals surface area contributed by atoms with Crippen LogP contribution in [0.4, 0.5) is 5.69 Å². The molecular weight excluding hydrogens is 582 g/mol. The first kappa shape index (κ1) is 30.2. The highest BCUT2D eigenvalue weighted by Crippen LogP contribution is 2.38. The van der Waals surface area contributed by atoms with Gasteiger partial charge in [-0.15, -0.1) is 0 Å². The van der Waals surface area contributed by atoms with E-state index in [-0.39, 0.29) is 11.8 Å². The summed E-state index contributed by atoms with van der Waals surface area (Å²) in [6, 6.07) is 45.2. The number of anilines is 1. The van der Waals surface area contributed by atoms with Gasteiger partial charge in [-0.25, -0.2) is 0 Å². The Hall–Kier alpha value is -5.49. The summed E-state index contributed by atoms with van der Waals surface area (Å²) >= 11 is 0. The maximum atomic E-state index is 14.2. The van der Waals surface area contributed by atoms with Crippen LogP contribution >= 0.6 is 0 Å². The van der Waals surface area contributed by atoms with Crippen molar-refractivity contribution >= 4 is 22.5 Å². The molecule has 0 bridgehead atoms. The number of carbonyl (C=O) groups excluding carboxylic acids is 1. The summed E-state index contributed by atoms with van der Waals surface area (Å²) in [6.07, 6.45) is 2.61. The van der Waals surface area contributed by atoms with Gasteiger partial charge in [-0.05, 0) is 59.2 Å². The summed E-state index contributed by atoms with van der Waals surface area (Å²) in [5, 5.41) is 1.16. The lowest BCUT2D eigenvalue weighted by Gasteiger charge is -2.37. The highest BCUT2D eigenvalue weighted by atomic mass is 16.5. The molecule has 6 heteroatoms. The first-order chi connectivity index (χ1) is 23.2. The summed E-state index contributed by atoms with van der Waals surface area (Å²) < 4.78 is 14.2. The van der Waals surface area contributed by atoms with Gasteiger partial charge >= 0.3 is 0 Å². The average molecular weight is 622 g/mol. The van der Waals surface area contributed by atoms with Crippen molar-refractivity contribution < 1.29 is 14.3 Å². The number of ether oxygens (including phenoxy) is 2. The Balaban J connectivity index is 1.20. The van der Waals surface area contributed by atoms with Crippen LogP contribution in [0.3, 0.4) is 0 Å². The number of hydrogen-bond donors (Lipinski definition) is 0. The molecule has 5 aromatic carbocycles. The molecule has 236 valence electrons. The van der Waals surface area contributed by atoms with Crippen molar-refractivity contribution in [3.63, 3.8) is 0 Å². The van der Waals surface area contributed by atoms with Gasteiger partial charge in [-0.2, -0.15) is 0 Å². The lowest BCUT2D eigenvalue weighted by Crippen LogP contribution is -2.49. The van der Waals surface area contributed by atoms with Crippen molar-refractivity contribution in [1.29, 1.82) is 0 Å². The van der Waals surface area contributed by atoms with Crippen LogP contribution in [0.15, 0.2) is 140 Å². The van der Waals surface area contributed by atoms with Crippen LogP contribution in [-0.2, 0) is 11.3 Å². The lowest BCUT2D eigenvalue weighted by molar-refractivity contribution is -0.131. The third kappa shape index (κ3) is 6.73. The topological polar surface area (TPSA) is 46.9 Å². The van der Waals surface area contributed by atoms with Gasteiger partial charge in [0.1, 0.15) is 17.2 Å². The van der Waals surface area contributed by atoms with Crippen LogP contribution in [-0.4, -0.2) is 48.7 Å². The Labute approximate surface area is 276 Å². The molecule has 0 aliphatic carbocycles. The molecule has 2 heterocycles. The molecule has 47 heavy (non-hydrogen) atoms. The van der Waals surface area contributed by atoms with Gasteiger partial charge in [0.05, 0.1) is 12.8 Å². The number of para-hydroxylation sites is 4. The number of rotatable bonds is 10. The van der Waals surface area contributed by atoms with Crippen molar-refractivity contribution in [2.45, 2.75) is 18.9 Å². The highest BCUT2D eigenvalue weighted by Gasteiger charge is 2.28. The van der Waals surface area contributed by atoms with Gasteiger partial charge in [-0.3, -0.25) is 4.79 Å². The van der Waals surface area contributed by atoms with E-state index in [2.05, 4.69) is 82.4 Å². The minimum absolute atomic E-state index is 0.156. The fourth-order valence-corrected chi connectivity index (χ4v) is 6.68. The number of hydrogen-bond acceptors (Lipinski definition) is 4. The fraction of sp³-hybridized carbons (Fsp3) is 0.195. The second-order valence-corrected chi connectivity index (χ2v) is 12.0. The monoisotopic (exact) mass is 621 g/mol. The van der Waals surface area contributed by atoms with Crippen LogP contribution < -0.4 is 14.4 Å². The highest BCUT2D eigenvalue weighted by molar-refractivity contribution is 5.87. The number of fused-ring (bicyclic) bond motifs is 1. The van der Waals surface area contributed by atoms with E-state index in [0.717, 1.165) is 64.6 Å². The maximum absolute atomic E-state index is 14.2. The zero-order valence-electron chi connectivity index (χ0n) is 26.7. The van der Waals surface area contributed by atoms with Gasteiger partial charge in [0.25, 0.3) is 0 Å². The predicted octanol–water partition coefficient (Wildman–Crippen LogP) is 8.36.